The van der Waals surface area contributed by atoms with E-state index in [1.165, 1.54) is 37.7 Å². The van der Waals surface area contributed by atoms with Crippen molar-refractivity contribution in [3.63, 3.8) is 0 Å². The number of para-hydroxylation sites is 1. The van der Waals surface area contributed by atoms with Gasteiger partial charge in [-0.3, -0.25) is 0 Å². The third kappa shape index (κ3) is 12.4. The average Bonchev–Trinajstić information content (AvgIpc) is 3.01. The van der Waals surface area contributed by atoms with Crippen molar-refractivity contribution in [1.29, 1.82) is 0 Å². The van der Waals surface area contributed by atoms with Gasteiger partial charge in [-0.15, -0.1) is 0 Å². The Hall–Kier alpha value is -3.35. The van der Waals surface area contributed by atoms with Gasteiger partial charge in [0.2, 0.25) is 0 Å². The number of benzene rings is 2. The van der Waals surface area contributed by atoms with Crippen LogP contribution in [0.15, 0.2) is 48.0 Å². The SMILES string of the molecule is CCCCCCCCC(CCCOc1ccc(N)c(O)c1)=C1OCCCCCCCCCC(C(=O)O)Oc2ccccc21. The standard InChI is InChI=1S/C36H53NO6/c1-2-3-4-5-9-12-18-28(19-17-26-41-29-23-24-31(37)32(38)27-29)35-30-20-14-15-21-33(30)43-34(36(39)40)22-13-10-7-6-8-11-16-25-42-35/h14-15,20-21,23-24,27,34,38H,2-13,16-19,22,25-26,37H2,1H3,(H,39,40). The first-order chi connectivity index (χ1) is 21.0. The van der Waals surface area contributed by atoms with E-state index in [1.54, 1.807) is 18.2 Å². The van der Waals surface area contributed by atoms with Crippen LogP contribution in [0.2, 0.25) is 0 Å². The van der Waals surface area contributed by atoms with Gasteiger partial charge in [-0.05, 0) is 74.8 Å². The highest BCUT2D eigenvalue weighted by Crippen LogP contribution is 2.35. The van der Waals surface area contributed by atoms with Crippen LogP contribution in [-0.4, -0.2) is 35.5 Å². The van der Waals surface area contributed by atoms with Crippen molar-refractivity contribution < 1.29 is 29.2 Å². The molecule has 1 aliphatic heterocycles. The number of rotatable bonds is 13. The maximum absolute atomic E-state index is 12.2. The lowest BCUT2D eigenvalue weighted by Gasteiger charge is -2.22. The zero-order valence-electron chi connectivity index (χ0n) is 26.2. The molecule has 4 N–H and O–H groups in total. The summed E-state index contributed by atoms with van der Waals surface area (Å²) in [5, 5.41) is 19.9. The van der Waals surface area contributed by atoms with Gasteiger partial charge >= 0.3 is 5.97 Å². The normalized spacial score (nSPS) is 17.8. The summed E-state index contributed by atoms with van der Waals surface area (Å²) >= 11 is 0. The lowest BCUT2D eigenvalue weighted by atomic mass is 9.97. The van der Waals surface area contributed by atoms with Crippen molar-refractivity contribution in [2.45, 2.75) is 122 Å². The smallest absolute Gasteiger partial charge is 0.344 e. The minimum absolute atomic E-state index is 0.0171. The van der Waals surface area contributed by atoms with Crippen LogP contribution in [0, 0.1) is 0 Å². The monoisotopic (exact) mass is 595 g/mol. The topological polar surface area (TPSA) is 111 Å². The number of ether oxygens (including phenoxy) is 3. The molecule has 0 spiro atoms. The fourth-order valence-electron chi connectivity index (χ4n) is 5.56. The molecule has 0 saturated carbocycles. The third-order valence-corrected chi connectivity index (χ3v) is 8.08. The summed E-state index contributed by atoms with van der Waals surface area (Å²) in [6.45, 7) is 3.33. The van der Waals surface area contributed by atoms with Gasteiger partial charge < -0.3 is 30.2 Å². The molecule has 7 heteroatoms. The summed E-state index contributed by atoms with van der Waals surface area (Å²) < 4.78 is 18.8. The first-order valence-electron chi connectivity index (χ1n) is 16.5. The van der Waals surface area contributed by atoms with Gasteiger partial charge in [-0.25, -0.2) is 4.79 Å². The number of aromatic hydroxyl groups is 1. The molecule has 0 fully saturated rings. The van der Waals surface area contributed by atoms with Crippen LogP contribution in [0.3, 0.4) is 0 Å². The summed E-state index contributed by atoms with van der Waals surface area (Å²) in [4.78, 5) is 12.2. The second-order valence-electron chi connectivity index (χ2n) is 11.7. The Morgan fingerprint density at radius 3 is 2.37 bits per heavy atom. The van der Waals surface area contributed by atoms with Gasteiger partial charge in [0.15, 0.2) is 6.10 Å². The highest BCUT2D eigenvalue weighted by atomic mass is 16.5. The number of unbranched alkanes of at least 4 members (excludes halogenated alkanes) is 5. The van der Waals surface area contributed by atoms with E-state index in [1.807, 2.05) is 24.3 Å². The van der Waals surface area contributed by atoms with Crippen molar-refractivity contribution in [3.8, 4) is 17.2 Å². The first kappa shape index (κ1) is 34.1. The largest absolute Gasteiger partial charge is 0.506 e. The number of allylic oxidation sites excluding steroid dienone is 1. The first-order valence-corrected chi connectivity index (χ1v) is 16.5. The Balaban J connectivity index is 1.87. The summed E-state index contributed by atoms with van der Waals surface area (Å²) in [6, 6.07) is 12.7. The van der Waals surface area contributed by atoms with Gasteiger partial charge in [-0.2, -0.15) is 0 Å². The molecular formula is C36H53NO6. The molecule has 1 atom stereocenters. The maximum Gasteiger partial charge on any atom is 0.344 e. The predicted octanol–water partition coefficient (Wildman–Crippen LogP) is 9.28. The van der Waals surface area contributed by atoms with Crippen LogP contribution in [0.5, 0.6) is 17.2 Å². The molecule has 7 nitrogen and oxygen atoms in total. The average molecular weight is 596 g/mol. The molecule has 0 aromatic heterocycles. The molecule has 0 bridgehead atoms. The number of nitrogens with two attached hydrogens (primary N) is 1. The summed E-state index contributed by atoms with van der Waals surface area (Å²) in [6.07, 6.45) is 16.7. The quantitative estimate of drug-likeness (QED) is 0.120. The molecule has 43 heavy (non-hydrogen) atoms. The van der Waals surface area contributed by atoms with E-state index in [4.69, 9.17) is 19.9 Å². The van der Waals surface area contributed by atoms with Crippen molar-refractivity contribution >= 4 is 17.4 Å². The van der Waals surface area contributed by atoms with E-state index in [2.05, 4.69) is 6.92 Å². The van der Waals surface area contributed by atoms with E-state index in [9.17, 15) is 15.0 Å². The van der Waals surface area contributed by atoms with Gasteiger partial charge in [-0.1, -0.05) is 83.3 Å². The van der Waals surface area contributed by atoms with E-state index in [-0.39, 0.29) is 5.75 Å². The van der Waals surface area contributed by atoms with E-state index >= 15 is 0 Å². The van der Waals surface area contributed by atoms with Gasteiger partial charge in [0, 0.05) is 6.07 Å². The van der Waals surface area contributed by atoms with E-state index < -0.39 is 12.1 Å². The molecule has 2 aromatic rings. The predicted molar refractivity (Wildman–Crippen MR) is 174 cm³/mol. The molecule has 1 aliphatic rings. The Labute approximate surface area is 258 Å². The van der Waals surface area contributed by atoms with Crippen LogP contribution >= 0.6 is 0 Å². The molecule has 0 saturated heterocycles. The number of hydrogen-bond donors (Lipinski definition) is 3. The molecule has 1 unspecified atom stereocenters. The number of carboxylic acids is 1. The third-order valence-electron chi connectivity index (χ3n) is 8.08. The minimum Gasteiger partial charge on any atom is -0.506 e. The zero-order valence-corrected chi connectivity index (χ0v) is 26.2. The summed E-state index contributed by atoms with van der Waals surface area (Å²) in [5.74, 6) is 1.06. The van der Waals surface area contributed by atoms with Crippen LogP contribution < -0.4 is 15.2 Å². The molecule has 2 aromatic carbocycles. The number of carboxylic acid groups (broad SMARTS) is 1. The molecule has 1 heterocycles. The highest BCUT2D eigenvalue weighted by molar-refractivity contribution is 5.74. The number of carbonyl (C=O) groups is 1. The van der Waals surface area contributed by atoms with Crippen LogP contribution in [0.4, 0.5) is 5.69 Å². The van der Waals surface area contributed by atoms with Crippen LogP contribution in [0.1, 0.15) is 122 Å². The molecule has 0 amide bonds. The lowest BCUT2D eigenvalue weighted by Crippen LogP contribution is -2.27. The van der Waals surface area contributed by atoms with E-state index in [0.717, 1.165) is 82.0 Å². The highest BCUT2D eigenvalue weighted by Gasteiger charge is 2.23. The van der Waals surface area contributed by atoms with Gasteiger partial charge in [0.25, 0.3) is 0 Å². The summed E-state index contributed by atoms with van der Waals surface area (Å²) in [5.41, 5.74) is 8.10. The minimum atomic E-state index is -0.927. The fourth-order valence-corrected chi connectivity index (χ4v) is 5.56. The molecular weight excluding hydrogens is 542 g/mol. The Morgan fingerprint density at radius 2 is 1.60 bits per heavy atom. The van der Waals surface area contributed by atoms with E-state index in [0.29, 0.717) is 36.8 Å². The number of phenols is 1. The number of fused-ring (bicyclic) bond motifs is 1. The number of aliphatic carboxylic acids is 1. The van der Waals surface area contributed by atoms with Crippen molar-refractivity contribution in [3.05, 3.63) is 53.6 Å². The van der Waals surface area contributed by atoms with Gasteiger partial charge in [0.1, 0.15) is 23.0 Å². The zero-order chi connectivity index (χ0) is 30.7. The second-order valence-corrected chi connectivity index (χ2v) is 11.7. The fraction of sp³-hybridized carbons (Fsp3) is 0.583. The summed E-state index contributed by atoms with van der Waals surface area (Å²) in [7, 11) is 0. The van der Waals surface area contributed by atoms with Crippen molar-refractivity contribution in [2.24, 2.45) is 0 Å². The Kier molecular flexibility index (Phi) is 15.7. The van der Waals surface area contributed by atoms with Crippen molar-refractivity contribution in [1.82, 2.24) is 0 Å². The molecule has 238 valence electrons. The number of hydrogen-bond acceptors (Lipinski definition) is 6. The molecule has 3 rings (SSSR count). The van der Waals surface area contributed by atoms with Crippen molar-refractivity contribution in [2.75, 3.05) is 18.9 Å². The number of anilines is 1. The molecule has 0 radical (unpaired) electrons. The Bertz CT molecular complexity index is 1130. The van der Waals surface area contributed by atoms with Gasteiger partial charge in [0.05, 0.1) is 24.5 Å². The number of nitrogen functional groups attached to an aromatic ring is 1. The van der Waals surface area contributed by atoms with Crippen LogP contribution in [-0.2, 0) is 9.53 Å². The lowest BCUT2D eigenvalue weighted by molar-refractivity contribution is -0.145. The Morgan fingerprint density at radius 1 is 0.907 bits per heavy atom. The second kappa shape index (κ2) is 19.8. The van der Waals surface area contributed by atoms with Crippen LogP contribution in [0.25, 0.3) is 5.76 Å². The number of phenolic OH excluding ortho intramolecular Hbond substituents is 1. The molecule has 0 aliphatic carbocycles. The maximum atomic E-state index is 12.2.